The number of ketones is 6. The van der Waals surface area contributed by atoms with E-state index in [4.69, 9.17) is 58.6 Å². The van der Waals surface area contributed by atoms with E-state index in [9.17, 15) is 63.9 Å². The van der Waals surface area contributed by atoms with Crippen LogP contribution in [0.5, 0.6) is 5.75 Å². The average molecular weight is 1910 g/mol. The van der Waals surface area contributed by atoms with Crippen molar-refractivity contribution in [1.29, 1.82) is 0 Å². The van der Waals surface area contributed by atoms with Gasteiger partial charge in [0.2, 0.25) is 0 Å². The Balaban J connectivity index is 0.000000138. The summed E-state index contributed by atoms with van der Waals surface area (Å²) in [6, 6.07) is 29.6. The number of aliphatic hydroxyl groups is 6. The summed E-state index contributed by atoms with van der Waals surface area (Å²) < 4.78 is 112. The topological polar surface area (TPSA) is 388 Å². The first-order valence-electron chi connectivity index (χ1n) is 43.7. The van der Waals surface area contributed by atoms with Crippen molar-refractivity contribution in [1.82, 2.24) is 59.8 Å². The Bertz CT molecular complexity index is 6050. The lowest BCUT2D eigenvalue weighted by Crippen LogP contribution is -2.16. The van der Waals surface area contributed by atoms with Gasteiger partial charge in [0.15, 0.2) is 58.0 Å². The number of aliphatic hydroxyl groups excluding tert-OH is 6. The maximum Gasteiger partial charge on any atom is 0.416 e. The van der Waals surface area contributed by atoms with Crippen molar-refractivity contribution >= 4 is 57.9 Å². The Morgan fingerprint density at radius 2 is 0.625 bits per heavy atom. The molecule has 0 radical (unpaired) electrons. The predicted molar refractivity (Wildman–Crippen MR) is 483 cm³/mol. The number of halogens is 10. The summed E-state index contributed by atoms with van der Waals surface area (Å²) >= 11 is 12.1. The monoisotopic (exact) mass is 1910 g/mol. The molecule has 6 heterocycles. The molecule has 6 aromatic heterocycles. The molecular weight excluding hydrogens is 1810 g/mol. The number of alkyl halides is 3. The molecule has 0 bridgehead atoms. The van der Waals surface area contributed by atoms with Crippen molar-refractivity contribution in [3.05, 3.63) is 347 Å². The van der Waals surface area contributed by atoms with E-state index < -0.39 is 97.4 Å². The molecule has 0 saturated heterocycles. The van der Waals surface area contributed by atoms with Crippen LogP contribution < -0.4 is 4.74 Å². The molecule has 12 aromatic rings. The SMILES string of the molecule is COc1cc(C2(Cc3ncc(C(=O)CO)cn3)CC2)ccc1C.Cc1cc(C(F)(F)F)cc(C2(Cc3ncc(C(=O)CO)cn3)CC2)c1.Cc1cc(C2(Cc3ncc(C(=O)CO)cn3)CC2)ccc1F.O=C(CO)c1cnc(CC2(c3ccc(Cl)c(Cl)c3)CC2)nc1.O=C(CO)c1cnc(CC2(c3ccc(F)c(F)c3)CC2)nc1.O=C(CO)c1cnc(CC2(c3cccc(F)c3F)CC2)nc1. The van der Waals surface area contributed by atoms with Gasteiger partial charge < -0.3 is 35.4 Å². The number of aryl methyl sites for hydroxylation is 3. The number of rotatable bonds is 31. The second-order valence-electron chi connectivity index (χ2n) is 35.2. The number of aromatic nitrogens is 12. The zero-order valence-electron chi connectivity index (χ0n) is 74.5. The second kappa shape index (κ2) is 43.2. The minimum Gasteiger partial charge on any atom is -0.496 e. The third kappa shape index (κ3) is 25.0. The van der Waals surface area contributed by atoms with Crippen LogP contribution in [0.2, 0.25) is 10.0 Å². The van der Waals surface area contributed by atoms with Crippen molar-refractivity contribution in [2.45, 2.75) is 175 Å². The molecule has 0 aliphatic heterocycles. The van der Waals surface area contributed by atoms with Crippen LogP contribution in [0.4, 0.5) is 35.1 Å². The summed E-state index contributed by atoms with van der Waals surface area (Å²) in [5.74, 6) is -1.62. The number of benzene rings is 6. The number of ether oxygens (including phenoxy) is 1. The van der Waals surface area contributed by atoms with Crippen LogP contribution in [0.3, 0.4) is 0 Å². The number of hydrogen-bond donors (Lipinski definition) is 6. The van der Waals surface area contributed by atoms with Gasteiger partial charge in [0.1, 0.15) is 86.2 Å². The Hall–Kier alpha value is -12.6. The molecule has 6 fully saturated rings. The van der Waals surface area contributed by atoms with Gasteiger partial charge >= 0.3 is 6.18 Å². The van der Waals surface area contributed by atoms with Gasteiger partial charge in [0, 0.05) is 145 Å². The zero-order chi connectivity index (χ0) is 97.7. The number of nitrogens with zero attached hydrogens (tertiary/aromatic N) is 12. The fraction of sp³-hybridized carbons (Fsp3) is 0.347. The summed E-state index contributed by atoms with van der Waals surface area (Å²) in [7, 11) is 1.69. The molecule has 0 unspecified atom stereocenters. The smallest absolute Gasteiger partial charge is 0.416 e. The van der Waals surface area contributed by atoms with E-state index in [-0.39, 0.29) is 66.9 Å². The fourth-order valence-electron chi connectivity index (χ4n) is 16.1. The first kappa shape index (κ1) is 101. The maximum atomic E-state index is 14.0. The van der Waals surface area contributed by atoms with Crippen molar-refractivity contribution in [2.75, 3.05) is 46.8 Å². The van der Waals surface area contributed by atoms with Crippen LogP contribution in [0.15, 0.2) is 184 Å². The largest absolute Gasteiger partial charge is 0.496 e. The summed E-state index contributed by atoms with van der Waals surface area (Å²) in [4.78, 5) is 118. The van der Waals surface area contributed by atoms with Gasteiger partial charge in [0.05, 0.1) is 56.1 Å². The Morgan fingerprint density at radius 1 is 0.324 bits per heavy atom. The molecule has 25 nitrogen and oxygen atoms in total. The van der Waals surface area contributed by atoms with Gasteiger partial charge in [-0.25, -0.2) is 81.8 Å². The zero-order valence-corrected chi connectivity index (χ0v) is 76.0. The highest BCUT2D eigenvalue weighted by atomic mass is 35.5. The lowest BCUT2D eigenvalue weighted by molar-refractivity contribution is -0.137. The molecular formula is C101H96Cl2F8N12O13. The highest BCUT2D eigenvalue weighted by Crippen LogP contribution is 2.56. The van der Waals surface area contributed by atoms with Gasteiger partial charge in [-0.15, -0.1) is 0 Å². The highest BCUT2D eigenvalue weighted by Gasteiger charge is 2.51. The second-order valence-corrected chi connectivity index (χ2v) is 36.0. The Kier molecular flexibility index (Phi) is 32.0. The Morgan fingerprint density at radius 3 is 0.934 bits per heavy atom. The lowest BCUT2D eigenvalue weighted by Gasteiger charge is -2.18. The van der Waals surface area contributed by atoms with Crippen LogP contribution in [-0.4, -0.2) is 172 Å². The van der Waals surface area contributed by atoms with E-state index in [0.29, 0.717) is 110 Å². The van der Waals surface area contributed by atoms with Gasteiger partial charge in [-0.05, 0) is 197 Å². The van der Waals surface area contributed by atoms with Crippen LogP contribution in [-0.2, 0) is 77.2 Å². The maximum absolute atomic E-state index is 14.0. The number of hydrogen-bond acceptors (Lipinski definition) is 25. The van der Waals surface area contributed by atoms with Gasteiger partial charge in [0.25, 0.3) is 0 Å². The first-order chi connectivity index (χ1) is 65.0. The standard InChI is InChI=1S/C18H17F3N2O2.C18H20N2O3.C17H17FN2O2.C16H14Cl2N2O2.2C16H14F2N2O2/c1-11-4-13(6-14(5-11)18(19,20)21)17(2-3-17)7-16-22-8-12(9-23-16)15(25)10-24;1-12-3-4-14(7-16(12)23-2)18(5-6-18)8-17-19-9-13(10-20-17)15(22)11-21;1-11-6-13(2-3-14(11)18)17(4-5-17)7-16-19-8-12(9-20-16)15(22)10-21;2*17-12-2-1-11(5-13(12)18)16(3-4-16)6-15-19-7-10(8-20-15)14(22)9-21;17-12-3-1-2-11(15(12)18)16(4-5-16)6-14-19-7-10(8-20-14)13(22)9-21/h4-6,8-9,24H,2-3,7,10H2,1H3;3-4,7,9-10,21H,5-6,8,11H2,1-2H3;2-3,6,8-9,21H,4-5,7,10H2,1H3;2*1-2,5,7-8,21H,3-4,6,9H2;1-3,7-8,21H,4-6,9H2. The number of carbonyl (C=O) groups is 6. The van der Waals surface area contributed by atoms with Crippen LogP contribution in [0, 0.1) is 49.9 Å². The van der Waals surface area contributed by atoms with E-state index in [1.165, 1.54) is 104 Å². The van der Waals surface area contributed by atoms with Crippen molar-refractivity contribution in [2.24, 2.45) is 0 Å². The molecule has 35 heteroatoms. The van der Waals surface area contributed by atoms with Crippen LogP contribution in [0.1, 0.15) is 230 Å². The van der Waals surface area contributed by atoms with E-state index >= 15 is 0 Å². The third-order valence-corrected chi connectivity index (χ3v) is 26.3. The fourth-order valence-corrected chi connectivity index (χ4v) is 16.4. The molecule has 0 atom stereocenters. The molecule has 6 aromatic carbocycles. The quantitative estimate of drug-likeness (QED) is 0.0174. The molecule has 6 N–H and O–H groups in total. The van der Waals surface area contributed by atoms with E-state index in [1.54, 1.807) is 39.2 Å². The molecule has 136 heavy (non-hydrogen) atoms. The summed E-state index contributed by atoms with van der Waals surface area (Å²) in [5, 5.41) is 54.0. The minimum absolute atomic E-state index is 0.0106. The summed E-state index contributed by atoms with van der Waals surface area (Å²) in [5.41, 5.74) is 7.60. The average Bonchev–Trinajstić information content (AvgIpc) is 1.50. The first-order valence-corrected chi connectivity index (χ1v) is 44.4. The van der Waals surface area contributed by atoms with Gasteiger partial charge in [-0.3, -0.25) is 28.8 Å². The molecule has 0 spiro atoms. The number of methoxy groups -OCH3 is 1. The van der Waals surface area contributed by atoms with E-state index in [2.05, 4.69) is 78.0 Å². The molecule has 6 saturated carbocycles. The summed E-state index contributed by atoms with van der Waals surface area (Å²) in [6.07, 6.45) is 27.1. The molecule has 0 amide bonds. The van der Waals surface area contributed by atoms with Gasteiger partial charge in [-0.1, -0.05) is 83.4 Å². The summed E-state index contributed by atoms with van der Waals surface area (Å²) in [6.45, 7) is 2.07. The van der Waals surface area contributed by atoms with Crippen LogP contribution in [0.25, 0.3) is 0 Å². The molecule has 18 rings (SSSR count). The van der Waals surface area contributed by atoms with E-state index in [1.807, 2.05) is 37.3 Å². The third-order valence-electron chi connectivity index (χ3n) is 25.5. The Labute approximate surface area is 786 Å². The van der Waals surface area contributed by atoms with Crippen molar-refractivity contribution in [3.63, 3.8) is 0 Å². The normalized spacial score (nSPS) is 15.6. The molecule has 6 aliphatic rings. The lowest BCUT2D eigenvalue weighted by atomic mass is 9.89. The number of Topliss-reactive ketones (excluding diaryl/α,β-unsaturated/α-hetero) is 6. The van der Waals surface area contributed by atoms with E-state index in [0.717, 1.165) is 135 Å². The van der Waals surface area contributed by atoms with Gasteiger partial charge in [-0.2, -0.15) is 13.2 Å². The predicted octanol–water partition coefficient (Wildman–Crippen LogP) is 15.5. The molecule has 708 valence electrons. The highest BCUT2D eigenvalue weighted by molar-refractivity contribution is 6.42. The van der Waals surface area contributed by atoms with Crippen molar-refractivity contribution < 1.29 is 99.3 Å². The number of carbonyl (C=O) groups excluding carboxylic acids is 6. The minimum atomic E-state index is -4.38. The molecule has 6 aliphatic carbocycles. The van der Waals surface area contributed by atoms with Crippen LogP contribution >= 0.6 is 23.2 Å². The van der Waals surface area contributed by atoms with Crippen molar-refractivity contribution in [3.8, 4) is 5.75 Å².